The molecule has 156 valence electrons. The van der Waals surface area contributed by atoms with Crippen molar-refractivity contribution in [2.24, 2.45) is 0 Å². The minimum absolute atomic E-state index is 0.158. The van der Waals surface area contributed by atoms with Crippen molar-refractivity contribution in [1.82, 2.24) is 19.7 Å². The zero-order valence-corrected chi connectivity index (χ0v) is 17.0. The number of hydrogen-bond donors (Lipinski definition) is 3. The first-order chi connectivity index (χ1) is 15.1. The molecule has 0 spiro atoms. The Bertz CT molecular complexity index is 1220. The number of imidazole rings is 1. The number of nitrogens with zero attached hydrogens (tertiary/aromatic N) is 3. The highest BCUT2D eigenvalue weighted by Gasteiger charge is 2.10. The van der Waals surface area contributed by atoms with E-state index in [9.17, 15) is 9.59 Å². The van der Waals surface area contributed by atoms with Crippen molar-refractivity contribution in [3.63, 3.8) is 0 Å². The maximum atomic E-state index is 12.5. The number of aryl methyl sites for hydroxylation is 1. The van der Waals surface area contributed by atoms with E-state index in [4.69, 9.17) is 0 Å². The van der Waals surface area contributed by atoms with E-state index < -0.39 is 0 Å². The van der Waals surface area contributed by atoms with Crippen LogP contribution >= 0.6 is 0 Å². The number of nitrogens with one attached hydrogen (secondary N) is 3. The summed E-state index contributed by atoms with van der Waals surface area (Å²) < 4.78 is 1.91. The number of fused-ring (bicyclic) bond motifs is 1. The fourth-order valence-electron chi connectivity index (χ4n) is 3.19. The summed E-state index contributed by atoms with van der Waals surface area (Å²) >= 11 is 0. The monoisotopic (exact) mass is 414 g/mol. The Labute approximate surface area is 179 Å². The molecule has 0 atom stereocenters. The average molecular weight is 414 g/mol. The number of urea groups is 1. The second-order valence-corrected chi connectivity index (χ2v) is 7.12. The normalized spacial score (nSPS) is 10.6. The van der Waals surface area contributed by atoms with Crippen LogP contribution in [0.15, 0.2) is 73.3 Å². The predicted molar refractivity (Wildman–Crippen MR) is 119 cm³/mol. The van der Waals surface area contributed by atoms with Crippen LogP contribution in [-0.4, -0.2) is 26.3 Å². The van der Waals surface area contributed by atoms with E-state index in [1.165, 1.54) is 0 Å². The molecule has 0 aliphatic heterocycles. The molecular formula is C23H22N6O2. The van der Waals surface area contributed by atoms with Gasteiger partial charge in [-0.3, -0.25) is 9.78 Å². The first kappa shape index (κ1) is 20.1. The minimum atomic E-state index is -0.333. The Kier molecular flexibility index (Phi) is 5.89. The van der Waals surface area contributed by atoms with Crippen LogP contribution in [0.3, 0.4) is 0 Å². The Hall–Kier alpha value is -4.20. The Morgan fingerprint density at radius 1 is 1.00 bits per heavy atom. The van der Waals surface area contributed by atoms with Crippen LogP contribution in [0.5, 0.6) is 0 Å². The molecule has 3 amide bonds. The van der Waals surface area contributed by atoms with E-state index in [2.05, 4.69) is 25.9 Å². The second-order valence-electron chi connectivity index (χ2n) is 7.12. The van der Waals surface area contributed by atoms with Crippen LogP contribution in [0.1, 0.15) is 16.8 Å². The van der Waals surface area contributed by atoms with Gasteiger partial charge in [-0.2, -0.15) is 0 Å². The molecule has 3 heterocycles. The molecule has 0 bridgehead atoms. The molecule has 0 aliphatic rings. The third-order valence-electron chi connectivity index (χ3n) is 4.68. The summed E-state index contributed by atoms with van der Waals surface area (Å²) in [5.41, 5.74) is 4.71. The first-order valence-electron chi connectivity index (χ1n) is 9.84. The number of aromatic nitrogens is 3. The molecule has 0 radical (unpaired) electrons. The van der Waals surface area contributed by atoms with Crippen molar-refractivity contribution in [3.8, 4) is 0 Å². The Morgan fingerprint density at radius 2 is 1.77 bits per heavy atom. The van der Waals surface area contributed by atoms with Gasteiger partial charge in [-0.25, -0.2) is 9.78 Å². The maximum Gasteiger partial charge on any atom is 0.319 e. The number of pyridine rings is 2. The summed E-state index contributed by atoms with van der Waals surface area (Å²) in [5.74, 6) is -0.180. The highest BCUT2D eigenvalue weighted by molar-refractivity contribution is 5.94. The molecule has 4 aromatic rings. The second kappa shape index (κ2) is 9.08. The number of amides is 3. The van der Waals surface area contributed by atoms with Gasteiger partial charge in [-0.05, 0) is 54.4 Å². The molecule has 3 aromatic heterocycles. The number of hydrogen-bond acceptors (Lipinski definition) is 4. The molecule has 0 saturated carbocycles. The SMILES string of the molecule is Cc1cccn2cc(CC(=O)Nc3cccc(NC(=O)NCc4ccncc4)c3)nc12. The number of benzene rings is 1. The van der Waals surface area contributed by atoms with Gasteiger partial charge in [0.25, 0.3) is 0 Å². The van der Waals surface area contributed by atoms with Gasteiger partial charge in [-0.1, -0.05) is 12.1 Å². The van der Waals surface area contributed by atoms with Crippen molar-refractivity contribution in [1.29, 1.82) is 0 Å². The molecule has 0 aliphatic carbocycles. The molecule has 31 heavy (non-hydrogen) atoms. The van der Waals surface area contributed by atoms with Crippen LogP contribution in [0.4, 0.5) is 16.2 Å². The summed E-state index contributed by atoms with van der Waals surface area (Å²) in [4.78, 5) is 33.1. The summed E-state index contributed by atoms with van der Waals surface area (Å²) in [6.07, 6.45) is 7.27. The van der Waals surface area contributed by atoms with Crippen LogP contribution in [0.2, 0.25) is 0 Å². The summed E-state index contributed by atoms with van der Waals surface area (Å²) in [6, 6.07) is 14.3. The Morgan fingerprint density at radius 3 is 2.55 bits per heavy atom. The summed E-state index contributed by atoms with van der Waals surface area (Å²) in [5, 5.41) is 8.40. The number of rotatable bonds is 6. The third kappa shape index (κ3) is 5.24. The maximum absolute atomic E-state index is 12.5. The van der Waals surface area contributed by atoms with Crippen molar-refractivity contribution in [2.75, 3.05) is 10.6 Å². The molecule has 0 fully saturated rings. The van der Waals surface area contributed by atoms with Gasteiger partial charge in [0, 0.05) is 42.7 Å². The minimum Gasteiger partial charge on any atom is -0.334 e. The molecule has 1 aromatic carbocycles. The lowest BCUT2D eigenvalue weighted by atomic mass is 10.2. The van der Waals surface area contributed by atoms with Crippen molar-refractivity contribution in [2.45, 2.75) is 19.9 Å². The van der Waals surface area contributed by atoms with E-state index in [0.717, 1.165) is 16.8 Å². The molecule has 0 unspecified atom stereocenters. The van der Waals surface area contributed by atoms with Crippen molar-refractivity contribution >= 4 is 29.0 Å². The fourth-order valence-corrected chi connectivity index (χ4v) is 3.19. The van der Waals surface area contributed by atoms with E-state index in [-0.39, 0.29) is 18.4 Å². The first-order valence-corrected chi connectivity index (χ1v) is 9.84. The number of carbonyl (C=O) groups is 2. The van der Waals surface area contributed by atoms with E-state index in [1.54, 1.807) is 36.7 Å². The van der Waals surface area contributed by atoms with Crippen LogP contribution in [-0.2, 0) is 17.8 Å². The molecule has 8 heteroatoms. The lowest BCUT2D eigenvalue weighted by molar-refractivity contribution is -0.115. The third-order valence-corrected chi connectivity index (χ3v) is 4.68. The van der Waals surface area contributed by atoms with E-state index in [1.807, 2.05) is 48.0 Å². The van der Waals surface area contributed by atoms with Crippen molar-refractivity contribution in [3.05, 3.63) is 90.1 Å². The van der Waals surface area contributed by atoms with Crippen LogP contribution < -0.4 is 16.0 Å². The summed E-state index contributed by atoms with van der Waals surface area (Å²) in [6.45, 7) is 2.38. The quantitative estimate of drug-likeness (QED) is 0.449. The van der Waals surface area contributed by atoms with Gasteiger partial charge >= 0.3 is 6.03 Å². The largest absolute Gasteiger partial charge is 0.334 e. The molecular weight excluding hydrogens is 392 g/mol. The van der Waals surface area contributed by atoms with Gasteiger partial charge in [-0.15, -0.1) is 0 Å². The number of anilines is 2. The zero-order valence-electron chi connectivity index (χ0n) is 17.0. The average Bonchev–Trinajstić information content (AvgIpc) is 3.17. The van der Waals surface area contributed by atoms with Gasteiger partial charge in [0.2, 0.25) is 5.91 Å². The standard InChI is InChI=1S/C23H22N6O2/c1-16-4-3-11-29-15-20(27-22(16)29)13-21(30)26-18-5-2-6-19(12-18)28-23(31)25-14-17-7-9-24-10-8-17/h2-12,15H,13-14H2,1H3,(H,26,30)(H2,25,28,31). The molecule has 0 saturated heterocycles. The van der Waals surface area contributed by atoms with E-state index >= 15 is 0 Å². The van der Waals surface area contributed by atoms with Gasteiger partial charge in [0.15, 0.2) is 0 Å². The predicted octanol–water partition coefficient (Wildman–Crippen LogP) is 3.54. The fraction of sp³-hybridized carbons (Fsp3) is 0.130. The highest BCUT2D eigenvalue weighted by atomic mass is 16.2. The zero-order chi connectivity index (χ0) is 21.6. The smallest absolute Gasteiger partial charge is 0.319 e. The Balaban J connectivity index is 1.33. The highest BCUT2D eigenvalue weighted by Crippen LogP contribution is 2.16. The number of carbonyl (C=O) groups excluding carboxylic acids is 2. The lowest BCUT2D eigenvalue weighted by Crippen LogP contribution is -2.28. The van der Waals surface area contributed by atoms with Crippen LogP contribution in [0.25, 0.3) is 5.65 Å². The topological polar surface area (TPSA) is 100 Å². The van der Waals surface area contributed by atoms with Gasteiger partial charge in [0.1, 0.15) is 5.65 Å². The molecule has 3 N–H and O–H groups in total. The molecule has 4 rings (SSSR count). The lowest BCUT2D eigenvalue weighted by Gasteiger charge is -2.10. The van der Waals surface area contributed by atoms with Gasteiger partial charge in [0.05, 0.1) is 12.1 Å². The van der Waals surface area contributed by atoms with E-state index in [0.29, 0.717) is 23.6 Å². The van der Waals surface area contributed by atoms with Gasteiger partial charge < -0.3 is 20.4 Å². The van der Waals surface area contributed by atoms with Crippen LogP contribution in [0, 0.1) is 6.92 Å². The van der Waals surface area contributed by atoms with Crippen molar-refractivity contribution < 1.29 is 9.59 Å². The summed E-state index contributed by atoms with van der Waals surface area (Å²) in [7, 11) is 0. The molecule has 8 nitrogen and oxygen atoms in total.